The summed E-state index contributed by atoms with van der Waals surface area (Å²) >= 11 is 2.62. The van der Waals surface area contributed by atoms with Gasteiger partial charge in [-0.2, -0.15) is 0 Å². The topological polar surface area (TPSA) is 82.3 Å². The summed E-state index contributed by atoms with van der Waals surface area (Å²) in [5, 5.41) is 10.7. The zero-order valence-corrected chi connectivity index (χ0v) is 13.2. The van der Waals surface area contributed by atoms with Gasteiger partial charge in [-0.05, 0) is 19.4 Å². The van der Waals surface area contributed by atoms with Gasteiger partial charge in [0.25, 0.3) is 5.69 Å². The molecular formula is C13H14N2O4S2. The molecule has 0 saturated heterocycles. The van der Waals surface area contributed by atoms with Crippen molar-refractivity contribution in [2.75, 3.05) is 5.75 Å². The van der Waals surface area contributed by atoms with Crippen LogP contribution in [0.25, 0.3) is 10.2 Å². The van der Waals surface area contributed by atoms with Crippen LogP contribution in [0.4, 0.5) is 5.69 Å². The number of benzene rings is 1. The average Bonchev–Trinajstić information content (AvgIpc) is 2.86. The molecule has 2 aromatic rings. The van der Waals surface area contributed by atoms with Gasteiger partial charge in [-0.15, -0.1) is 11.3 Å². The van der Waals surface area contributed by atoms with E-state index in [1.807, 2.05) is 13.8 Å². The van der Waals surface area contributed by atoms with E-state index in [9.17, 15) is 14.9 Å². The van der Waals surface area contributed by atoms with E-state index in [4.69, 9.17) is 4.74 Å². The number of fused-ring (bicyclic) bond motifs is 1. The van der Waals surface area contributed by atoms with Crippen LogP contribution >= 0.6 is 23.1 Å². The van der Waals surface area contributed by atoms with E-state index >= 15 is 0 Å². The molecule has 0 radical (unpaired) electrons. The maximum Gasteiger partial charge on any atom is 0.316 e. The first-order valence-corrected chi connectivity index (χ1v) is 8.17. The van der Waals surface area contributed by atoms with Crippen molar-refractivity contribution in [1.82, 2.24) is 4.98 Å². The smallest absolute Gasteiger partial charge is 0.316 e. The fourth-order valence-electron chi connectivity index (χ4n) is 1.53. The summed E-state index contributed by atoms with van der Waals surface area (Å²) in [5.41, 5.74) is 0.738. The molecule has 1 heterocycles. The first-order chi connectivity index (χ1) is 9.99. The number of nitrogens with zero attached hydrogens (tertiary/aromatic N) is 2. The van der Waals surface area contributed by atoms with Gasteiger partial charge < -0.3 is 4.74 Å². The molecule has 0 aliphatic rings. The summed E-state index contributed by atoms with van der Waals surface area (Å²) in [6.07, 6.45) is 0.692. The summed E-state index contributed by atoms with van der Waals surface area (Å²) in [6.45, 7) is 3.80. The SMILES string of the molecule is CCC(C)OC(=O)CSc1nc2ccc([N+](=O)[O-])cc2s1. The standard InChI is InChI=1S/C13H14N2O4S2/c1-3-8(2)19-12(16)7-20-13-14-10-5-4-9(15(17)18)6-11(10)21-13/h4-6,8H,3,7H2,1-2H3. The van der Waals surface area contributed by atoms with Gasteiger partial charge in [0.15, 0.2) is 4.34 Å². The molecule has 0 saturated carbocycles. The summed E-state index contributed by atoms with van der Waals surface area (Å²) in [7, 11) is 0. The summed E-state index contributed by atoms with van der Waals surface area (Å²) in [5.74, 6) is -0.0914. The molecule has 0 amide bonds. The number of non-ortho nitro benzene ring substituents is 1. The fourth-order valence-corrected chi connectivity index (χ4v) is 3.41. The van der Waals surface area contributed by atoms with Crippen LogP contribution in [0.3, 0.4) is 0 Å². The van der Waals surface area contributed by atoms with Gasteiger partial charge in [0.2, 0.25) is 0 Å². The number of hydrogen-bond donors (Lipinski definition) is 0. The normalized spacial score (nSPS) is 12.3. The summed E-state index contributed by atoms with van der Waals surface area (Å²) in [4.78, 5) is 26.2. The molecule has 0 aliphatic carbocycles. The van der Waals surface area contributed by atoms with Gasteiger partial charge in [0.1, 0.15) is 0 Å². The molecule has 6 nitrogen and oxygen atoms in total. The Morgan fingerprint density at radius 2 is 2.33 bits per heavy atom. The second-order valence-electron chi connectivity index (χ2n) is 4.39. The number of carbonyl (C=O) groups is 1. The number of carbonyl (C=O) groups excluding carboxylic acids is 1. The lowest BCUT2D eigenvalue weighted by atomic mass is 10.3. The Bertz CT molecular complexity index is 671. The quantitative estimate of drug-likeness (QED) is 0.349. The molecule has 0 N–H and O–H groups in total. The van der Waals surface area contributed by atoms with Crippen LogP contribution in [0.2, 0.25) is 0 Å². The van der Waals surface area contributed by atoms with Gasteiger partial charge in [-0.3, -0.25) is 14.9 Å². The van der Waals surface area contributed by atoms with Crippen LogP contribution < -0.4 is 0 Å². The van der Waals surface area contributed by atoms with Crippen LogP contribution in [0.15, 0.2) is 22.5 Å². The van der Waals surface area contributed by atoms with Crippen LogP contribution in [-0.4, -0.2) is 27.7 Å². The highest BCUT2D eigenvalue weighted by molar-refractivity contribution is 8.01. The lowest BCUT2D eigenvalue weighted by Gasteiger charge is -2.09. The van der Waals surface area contributed by atoms with Crippen molar-refractivity contribution in [3.63, 3.8) is 0 Å². The molecule has 1 atom stereocenters. The van der Waals surface area contributed by atoms with E-state index in [0.29, 0.717) is 9.86 Å². The highest BCUT2D eigenvalue weighted by Crippen LogP contribution is 2.31. The maximum atomic E-state index is 11.6. The predicted molar refractivity (Wildman–Crippen MR) is 82.8 cm³/mol. The molecule has 2 rings (SSSR count). The largest absolute Gasteiger partial charge is 0.462 e. The van der Waals surface area contributed by atoms with E-state index in [1.165, 1.54) is 35.2 Å². The lowest BCUT2D eigenvalue weighted by Crippen LogP contribution is -2.15. The molecule has 0 fully saturated rings. The zero-order valence-electron chi connectivity index (χ0n) is 11.6. The fraction of sp³-hybridized carbons (Fsp3) is 0.385. The molecule has 0 aliphatic heterocycles. The second-order valence-corrected chi connectivity index (χ2v) is 6.64. The molecule has 0 spiro atoms. The van der Waals surface area contributed by atoms with E-state index in [0.717, 1.165) is 11.1 Å². The Labute approximate surface area is 129 Å². The number of thioether (sulfide) groups is 1. The van der Waals surface area contributed by atoms with Crippen LogP contribution in [-0.2, 0) is 9.53 Å². The third-order valence-electron chi connectivity index (χ3n) is 2.78. The second kappa shape index (κ2) is 6.86. The van der Waals surface area contributed by atoms with E-state index in [-0.39, 0.29) is 23.5 Å². The van der Waals surface area contributed by atoms with Crippen LogP contribution in [0.1, 0.15) is 20.3 Å². The van der Waals surface area contributed by atoms with Crippen molar-refractivity contribution >= 4 is 45.0 Å². The number of rotatable bonds is 6. The van der Waals surface area contributed by atoms with Gasteiger partial charge in [0.05, 0.1) is 27.0 Å². The Morgan fingerprint density at radius 3 is 3.00 bits per heavy atom. The molecule has 1 aromatic heterocycles. The van der Waals surface area contributed by atoms with Crippen molar-refractivity contribution in [2.45, 2.75) is 30.7 Å². The maximum absolute atomic E-state index is 11.6. The minimum Gasteiger partial charge on any atom is -0.462 e. The van der Waals surface area contributed by atoms with Crippen molar-refractivity contribution in [1.29, 1.82) is 0 Å². The van der Waals surface area contributed by atoms with Crippen molar-refractivity contribution in [2.24, 2.45) is 0 Å². The van der Waals surface area contributed by atoms with Gasteiger partial charge in [-0.25, -0.2) is 4.98 Å². The first-order valence-electron chi connectivity index (χ1n) is 6.37. The average molecular weight is 326 g/mol. The molecule has 1 aromatic carbocycles. The van der Waals surface area contributed by atoms with E-state index < -0.39 is 4.92 Å². The molecule has 0 bridgehead atoms. The van der Waals surface area contributed by atoms with Gasteiger partial charge >= 0.3 is 5.97 Å². The minimum absolute atomic E-state index is 0.0406. The number of nitro benzene ring substituents is 1. The summed E-state index contributed by atoms with van der Waals surface area (Å²) in [6, 6.07) is 4.54. The van der Waals surface area contributed by atoms with Crippen LogP contribution in [0, 0.1) is 10.1 Å². The van der Waals surface area contributed by atoms with Crippen molar-refractivity contribution in [3.05, 3.63) is 28.3 Å². The Balaban J connectivity index is 2.03. The number of ether oxygens (including phenoxy) is 1. The third-order valence-corrected chi connectivity index (χ3v) is 4.92. The Morgan fingerprint density at radius 1 is 1.57 bits per heavy atom. The van der Waals surface area contributed by atoms with Crippen molar-refractivity contribution < 1.29 is 14.5 Å². The zero-order chi connectivity index (χ0) is 15.4. The molecular weight excluding hydrogens is 312 g/mol. The molecule has 8 heteroatoms. The molecule has 112 valence electrons. The third kappa shape index (κ3) is 4.15. The number of thiazole rings is 1. The highest BCUT2D eigenvalue weighted by Gasteiger charge is 2.13. The van der Waals surface area contributed by atoms with Crippen molar-refractivity contribution in [3.8, 4) is 0 Å². The first kappa shape index (κ1) is 15.7. The Kier molecular flexibility index (Phi) is 5.13. The number of nitro groups is 1. The van der Waals surface area contributed by atoms with E-state index in [2.05, 4.69) is 4.98 Å². The molecule has 1 unspecified atom stereocenters. The summed E-state index contributed by atoms with van der Waals surface area (Å²) < 4.78 is 6.61. The number of aromatic nitrogens is 1. The number of hydrogen-bond acceptors (Lipinski definition) is 7. The van der Waals surface area contributed by atoms with Crippen LogP contribution in [0.5, 0.6) is 0 Å². The van der Waals surface area contributed by atoms with Gasteiger partial charge in [0, 0.05) is 12.1 Å². The lowest BCUT2D eigenvalue weighted by molar-refractivity contribution is -0.384. The van der Waals surface area contributed by atoms with E-state index in [1.54, 1.807) is 6.07 Å². The number of esters is 1. The highest BCUT2D eigenvalue weighted by atomic mass is 32.2. The van der Waals surface area contributed by atoms with Gasteiger partial charge in [-0.1, -0.05) is 18.7 Å². The monoisotopic (exact) mass is 326 g/mol. The minimum atomic E-state index is -0.435. The Hall–Kier alpha value is -1.67. The molecule has 21 heavy (non-hydrogen) atoms. The predicted octanol–water partition coefficient (Wildman–Crippen LogP) is 3.64.